The van der Waals surface area contributed by atoms with Gasteiger partial charge in [0.1, 0.15) is 0 Å². The van der Waals surface area contributed by atoms with Crippen molar-refractivity contribution in [3.63, 3.8) is 0 Å². The monoisotopic (exact) mass is 368 g/mol. The molecule has 0 unspecified atom stereocenters. The van der Waals surface area contributed by atoms with Crippen LogP contribution in [0.15, 0.2) is 54.1 Å². The van der Waals surface area contributed by atoms with Gasteiger partial charge in [-0.05, 0) is 34.6 Å². The fraction of sp³-hybridized carbons (Fsp3) is 0.200. The van der Waals surface area contributed by atoms with E-state index in [9.17, 15) is 4.79 Å². The van der Waals surface area contributed by atoms with Gasteiger partial charge < -0.3 is 0 Å². The number of rotatable bonds is 6. The number of thiophene rings is 1. The Hall–Kier alpha value is -2.24. The highest BCUT2D eigenvalue weighted by molar-refractivity contribution is 7.15. The van der Waals surface area contributed by atoms with Crippen molar-refractivity contribution in [3.05, 3.63) is 74.9 Å². The van der Waals surface area contributed by atoms with Gasteiger partial charge in [-0.2, -0.15) is 0 Å². The average molecular weight is 369 g/mol. The summed E-state index contributed by atoms with van der Waals surface area (Å²) in [4.78, 5) is 18.4. The van der Waals surface area contributed by atoms with Crippen molar-refractivity contribution in [2.75, 3.05) is 5.32 Å². The minimum absolute atomic E-state index is 0.157. The number of aromatic nitrogens is 1. The Morgan fingerprint density at radius 2 is 2.04 bits per heavy atom. The second-order valence-corrected chi connectivity index (χ2v) is 8.14. The molecule has 1 N–H and O–H groups in total. The molecule has 2 heterocycles. The molecular formula is C20H20N2OS2. The minimum Gasteiger partial charge on any atom is -0.298 e. The molecule has 1 amide bonds. The van der Waals surface area contributed by atoms with Crippen LogP contribution in [0.25, 0.3) is 6.08 Å². The van der Waals surface area contributed by atoms with Crippen LogP contribution in [-0.4, -0.2) is 10.9 Å². The van der Waals surface area contributed by atoms with Crippen LogP contribution in [0.3, 0.4) is 0 Å². The maximum atomic E-state index is 11.9. The molecule has 0 aliphatic carbocycles. The Kier molecular flexibility index (Phi) is 5.79. The third-order valence-corrected chi connectivity index (χ3v) is 5.50. The fourth-order valence-corrected chi connectivity index (χ4v) is 3.83. The molecule has 128 valence electrons. The maximum absolute atomic E-state index is 11.9. The maximum Gasteiger partial charge on any atom is 0.250 e. The number of hydrogen-bond donors (Lipinski definition) is 1. The Bertz CT molecular complexity index is 846. The molecular weight excluding hydrogens is 348 g/mol. The zero-order valence-electron chi connectivity index (χ0n) is 14.2. The Balaban J connectivity index is 1.57. The number of nitrogens with zero attached hydrogens (tertiary/aromatic N) is 1. The second-order valence-electron chi connectivity index (χ2n) is 6.04. The van der Waals surface area contributed by atoms with Gasteiger partial charge in [-0.15, -0.1) is 22.7 Å². The van der Waals surface area contributed by atoms with E-state index in [4.69, 9.17) is 0 Å². The van der Waals surface area contributed by atoms with Crippen LogP contribution < -0.4 is 5.32 Å². The quantitative estimate of drug-likeness (QED) is 0.578. The van der Waals surface area contributed by atoms with E-state index in [1.54, 1.807) is 11.3 Å². The lowest BCUT2D eigenvalue weighted by Gasteiger charge is -2.06. The van der Waals surface area contributed by atoms with Gasteiger partial charge in [0.25, 0.3) is 0 Å². The summed E-state index contributed by atoms with van der Waals surface area (Å²) in [6.45, 7) is 4.39. The van der Waals surface area contributed by atoms with E-state index in [0.717, 1.165) is 16.2 Å². The van der Waals surface area contributed by atoms with Crippen LogP contribution in [0.2, 0.25) is 0 Å². The van der Waals surface area contributed by atoms with Crippen LogP contribution in [-0.2, 0) is 11.2 Å². The molecule has 0 saturated carbocycles. The predicted octanol–water partition coefficient (Wildman–Crippen LogP) is 5.57. The molecule has 3 rings (SSSR count). The SMILES string of the molecule is CC(C)c1ccc(Cc2cnc(NC(=O)C=Cc3cccs3)s2)cc1. The molecule has 0 radical (unpaired) electrons. The highest BCUT2D eigenvalue weighted by Crippen LogP contribution is 2.22. The molecule has 5 heteroatoms. The summed E-state index contributed by atoms with van der Waals surface area (Å²) in [5, 5.41) is 5.44. The van der Waals surface area contributed by atoms with E-state index >= 15 is 0 Å². The molecule has 0 aliphatic heterocycles. The normalized spacial score (nSPS) is 11.3. The minimum atomic E-state index is -0.157. The summed E-state index contributed by atoms with van der Waals surface area (Å²) in [7, 11) is 0. The van der Waals surface area contributed by atoms with Gasteiger partial charge in [-0.25, -0.2) is 4.98 Å². The largest absolute Gasteiger partial charge is 0.298 e. The lowest BCUT2D eigenvalue weighted by Crippen LogP contribution is -2.06. The molecule has 0 saturated heterocycles. The molecule has 3 nitrogen and oxygen atoms in total. The summed E-state index contributed by atoms with van der Waals surface area (Å²) < 4.78 is 0. The number of thiazole rings is 1. The molecule has 0 atom stereocenters. The van der Waals surface area contributed by atoms with Crippen molar-refractivity contribution in [1.29, 1.82) is 0 Å². The number of anilines is 1. The zero-order chi connectivity index (χ0) is 17.6. The van der Waals surface area contributed by atoms with Gasteiger partial charge in [0.2, 0.25) is 5.91 Å². The standard InChI is InChI=1S/C20H20N2OS2/c1-14(2)16-7-5-15(6-8-16)12-18-13-21-20(25-18)22-19(23)10-9-17-4-3-11-24-17/h3-11,13-14H,12H2,1-2H3,(H,21,22,23). The Morgan fingerprint density at radius 3 is 2.72 bits per heavy atom. The predicted molar refractivity (Wildman–Crippen MR) is 107 cm³/mol. The number of nitrogens with one attached hydrogen (secondary N) is 1. The van der Waals surface area contributed by atoms with Crippen molar-refractivity contribution in [2.24, 2.45) is 0 Å². The van der Waals surface area contributed by atoms with Gasteiger partial charge in [-0.1, -0.05) is 44.2 Å². The topological polar surface area (TPSA) is 42.0 Å². The number of benzene rings is 1. The van der Waals surface area contributed by atoms with Crippen LogP contribution in [0.1, 0.15) is 40.6 Å². The first-order valence-electron chi connectivity index (χ1n) is 8.16. The zero-order valence-corrected chi connectivity index (χ0v) is 15.9. The average Bonchev–Trinajstić information content (AvgIpc) is 3.25. The van der Waals surface area contributed by atoms with Gasteiger partial charge in [-0.3, -0.25) is 10.1 Å². The first kappa shape index (κ1) is 17.6. The van der Waals surface area contributed by atoms with E-state index in [2.05, 4.69) is 48.4 Å². The lowest BCUT2D eigenvalue weighted by atomic mass is 10.0. The molecule has 1 aromatic carbocycles. The second kappa shape index (κ2) is 8.23. The number of carbonyl (C=O) groups excluding carboxylic acids is 1. The van der Waals surface area contributed by atoms with E-state index in [1.807, 2.05) is 29.8 Å². The summed E-state index contributed by atoms with van der Waals surface area (Å²) >= 11 is 3.11. The molecule has 2 aromatic heterocycles. The highest BCUT2D eigenvalue weighted by Gasteiger charge is 2.06. The highest BCUT2D eigenvalue weighted by atomic mass is 32.1. The van der Waals surface area contributed by atoms with Gasteiger partial charge >= 0.3 is 0 Å². The molecule has 0 spiro atoms. The van der Waals surface area contributed by atoms with E-state index in [1.165, 1.54) is 28.5 Å². The number of carbonyl (C=O) groups is 1. The summed E-state index contributed by atoms with van der Waals surface area (Å²) in [6.07, 6.45) is 6.01. The third-order valence-electron chi connectivity index (χ3n) is 3.75. The fourth-order valence-electron chi connectivity index (χ4n) is 2.36. The lowest BCUT2D eigenvalue weighted by molar-refractivity contribution is -0.111. The van der Waals surface area contributed by atoms with E-state index < -0.39 is 0 Å². The number of hydrogen-bond acceptors (Lipinski definition) is 4. The van der Waals surface area contributed by atoms with Gasteiger partial charge in [0, 0.05) is 28.4 Å². The van der Waals surface area contributed by atoms with E-state index in [0.29, 0.717) is 11.0 Å². The summed E-state index contributed by atoms with van der Waals surface area (Å²) in [5.41, 5.74) is 2.60. The molecule has 0 fully saturated rings. The van der Waals surface area contributed by atoms with Crippen molar-refractivity contribution in [3.8, 4) is 0 Å². The molecule has 0 aliphatic rings. The Morgan fingerprint density at radius 1 is 1.24 bits per heavy atom. The number of amides is 1. The first-order valence-corrected chi connectivity index (χ1v) is 9.86. The molecule has 25 heavy (non-hydrogen) atoms. The third kappa shape index (κ3) is 5.11. The van der Waals surface area contributed by atoms with Gasteiger partial charge in [0.05, 0.1) is 0 Å². The van der Waals surface area contributed by atoms with Crippen LogP contribution in [0.4, 0.5) is 5.13 Å². The first-order chi connectivity index (χ1) is 12.1. The van der Waals surface area contributed by atoms with Crippen molar-refractivity contribution < 1.29 is 4.79 Å². The van der Waals surface area contributed by atoms with Crippen LogP contribution in [0, 0.1) is 0 Å². The Labute approximate surface area is 156 Å². The van der Waals surface area contributed by atoms with Crippen molar-refractivity contribution in [1.82, 2.24) is 4.98 Å². The van der Waals surface area contributed by atoms with Crippen LogP contribution >= 0.6 is 22.7 Å². The van der Waals surface area contributed by atoms with E-state index in [-0.39, 0.29) is 5.91 Å². The molecule has 0 bridgehead atoms. The summed E-state index contributed by atoms with van der Waals surface area (Å²) in [6, 6.07) is 12.6. The van der Waals surface area contributed by atoms with Gasteiger partial charge in [0.15, 0.2) is 5.13 Å². The van der Waals surface area contributed by atoms with Crippen molar-refractivity contribution >= 4 is 39.8 Å². The smallest absolute Gasteiger partial charge is 0.250 e. The summed E-state index contributed by atoms with van der Waals surface area (Å²) in [5.74, 6) is 0.386. The molecule has 3 aromatic rings. The van der Waals surface area contributed by atoms with Crippen LogP contribution in [0.5, 0.6) is 0 Å². The van der Waals surface area contributed by atoms with Crippen molar-refractivity contribution in [2.45, 2.75) is 26.2 Å².